The molecule has 8 heteroatoms. The van der Waals surface area contributed by atoms with Gasteiger partial charge in [-0.15, -0.1) is 0 Å². The van der Waals surface area contributed by atoms with Gasteiger partial charge in [0.2, 0.25) is 0 Å². The number of carbonyl (C=O) groups excluding carboxylic acids is 1. The summed E-state index contributed by atoms with van der Waals surface area (Å²) in [4.78, 5) is 37.1. The Morgan fingerprint density at radius 2 is 1.90 bits per heavy atom. The second-order valence-electron chi connectivity index (χ2n) is 7.14. The number of hydrogen-bond donors (Lipinski definition) is 2. The van der Waals surface area contributed by atoms with Crippen molar-refractivity contribution in [2.24, 2.45) is 0 Å². The predicted octanol–water partition coefficient (Wildman–Crippen LogP) is 3.45. The molecule has 1 unspecified atom stereocenters. The van der Waals surface area contributed by atoms with Crippen molar-refractivity contribution in [1.29, 1.82) is 0 Å². The van der Waals surface area contributed by atoms with Crippen LogP contribution in [0.5, 0.6) is 0 Å². The van der Waals surface area contributed by atoms with Crippen LogP contribution in [-0.4, -0.2) is 35.0 Å². The molecule has 8 nitrogen and oxygen atoms in total. The fourth-order valence-electron chi connectivity index (χ4n) is 3.67. The Labute approximate surface area is 168 Å². The summed E-state index contributed by atoms with van der Waals surface area (Å²) in [6, 6.07) is 10.9. The van der Waals surface area contributed by atoms with Crippen molar-refractivity contribution in [2.75, 3.05) is 18.0 Å². The number of anilines is 1. The quantitative estimate of drug-likeness (QED) is 0.547. The summed E-state index contributed by atoms with van der Waals surface area (Å²) in [7, 11) is 0. The molecule has 29 heavy (non-hydrogen) atoms. The van der Waals surface area contributed by atoms with Crippen molar-refractivity contribution in [2.45, 2.75) is 32.2 Å². The Morgan fingerprint density at radius 1 is 1.21 bits per heavy atom. The van der Waals surface area contributed by atoms with Gasteiger partial charge in [0.1, 0.15) is 5.69 Å². The molecule has 0 spiro atoms. The smallest absolute Gasteiger partial charge is 0.305 e. The maximum atomic E-state index is 12.8. The molecule has 1 heterocycles. The number of aliphatic carboxylic acids is 1. The zero-order valence-corrected chi connectivity index (χ0v) is 16.1. The van der Waals surface area contributed by atoms with E-state index in [1.807, 2.05) is 24.0 Å². The highest BCUT2D eigenvalue weighted by atomic mass is 16.6. The molecule has 2 N–H and O–H groups in total. The number of nitrogens with zero attached hydrogens (tertiary/aromatic N) is 2. The van der Waals surface area contributed by atoms with Crippen LogP contribution in [0, 0.1) is 17.0 Å². The van der Waals surface area contributed by atoms with Gasteiger partial charge in [-0.1, -0.05) is 24.3 Å². The molecule has 1 atom stereocenters. The number of aryl methyl sites for hydroxylation is 1. The van der Waals surface area contributed by atoms with Crippen LogP contribution >= 0.6 is 0 Å². The largest absolute Gasteiger partial charge is 0.481 e. The Hall–Kier alpha value is -3.42. The molecule has 2 aromatic rings. The lowest BCUT2D eigenvalue weighted by atomic mass is 9.98. The molecule has 1 aliphatic heterocycles. The van der Waals surface area contributed by atoms with E-state index in [9.17, 15) is 24.8 Å². The first-order chi connectivity index (χ1) is 13.9. The molecular formula is C21H23N3O5. The number of benzene rings is 2. The van der Waals surface area contributed by atoms with E-state index in [1.165, 1.54) is 6.07 Å². The molecule has 0 saturated carbocycles. The van der Waals surface area contributed by atoms with Crippen LogP contribution in [0.15, 0.2) is 42.5 Å². The van der Waals surface area contributed by atoms with Crippen LogP contribution in [0.1, 0.15) is 46.8 Å². The lowest BCUT2D eigenvalue weighted by Crippen LogP contribution is -2.31. The molecule has 0 radical (unpaired) electrons. The first-order valence-electron chi connectivity index (χ1n) is 9.48. The van der Waals surface area contributed by atoms with Gasteiger partial charge < -0.3 is 15.3 Å². The van der Waals surface area contributed by atoms with Crippen molar-refractivity contribution >= 4 is 23.3 Å². The summed E-state index contributed by atoms with van der Waals surface area (Å²) in [5, 5.41) is 23.5. The van der Waals surface area contributed by atoms with Crippen LogP contribution in [0.4, 0.5) is 11.4 Å². The average Bonchev–Trinajstić information content (AvgIpc) is 3.21. The van der Waals surface area contributed by atoms with Crippen molar-refractivity contribution in [3.8, 4) is 0 Å². The molecule has 0 aliphatic carbocycles. The lowest BCUT2D eigenvalue weighted by molar-refractivity contribution is -0.384. The van der Waals surface area contributed by atoms with Gasteiger partial charge in [0, 0.05) is 24.7 Å². The zero-order valence-electron chi connectivity index (χ0n) is 16.1. The monoisotopic (exact) mass is 397 g/mol. The highest BCUT2D eigenvalue weighted by Crippen LogP contribution is 2.32. The number of amides is 1. The zero-order chi connectivity index (χ0) is 21.0. The number of carbonyl (C=O) groups is 2. The average molecular weight is 397 g/mol. The molecule has 0 bridgehead atoms. The number of nitro groups is 1. The Kier molecular flexibility index (Phi) is 6.11. The van der Waals surface area contributed by atoms with Crippen molar-refractivity contribution in [3.05, 3.63) is 69.3 Å². The minimum atomic E-state index is -1.05. The van der Waals surface area contributed by atoms with Crippen LogP contribution < -0.4 is 10.2 Å². The normalized spacial score (nSPS) is 14.4. The van der Waals surface area contributed by atoms with Crippen LogP contribution in [0.3, 0.4) is 0 Å². The van der Waals surface area contributed by atoms with Gasteiger partial charge in [0.05, 0.1) is 17.4 Å². The summed E-state index contributed by atoms with van der Waals surface area (Å²) in [5.74, 6) is -1.59. The first-order valence-corrected chi connectivity index (χ1v) is 9.48. The number of nitrogens with one attached hydrogen (secondary N) is 1. The van der Waals surface area contributed by atoms with Gasteiger partial charge in [-0.25, -0.2) is 0 Å². The highest BCUT2D eigenvalue weighted by Gasteiger charge is 2.25. The fraction of sp³-hybridized carbons (Fsp3) is 0.333. The summed E-state index contributed by atoms with van der Waals surface area (Å²) in [6.45, 7) is 3.34. The van der Waals surface area contributed by atoms with E-state index in [4.69, 9.17) is 0 Å². The Morgan fingerprint density at radius 3 is 2.52 bits per heavy atom. The number of carboxylic acids is 1. The van der Waals surface area contributed by atoms with Gasteiger partial charge in [-0.05, 0) is 43.0 Å². The van der Waals surface area contributed by atoms with Crippen molar-refractivity contribution in [3.63, 3.8) is 0 Å². The fourth-order valence-corrected chi connectivity index (χ4v) is 3.67. The van der Waals surface area contributed by atoms with Crippen LogP contribution in [0.2, 0.25) is 0 Å². The minimum Gasteiger partial charge on any atom is -0.481 e. The summed E-state index contributed by atoms with van der Waals surface area (Å²) >= 11 is 0. The topological polar surface area (TPSA) is 113 Å². The van der Waals surface area contributed by atoms with Gasteiger partial charge in [-0.3, -0.25) is 19.7 Å². The predicted molar refractivity (Wildman–Crippen MR) is 108 cm³/mol. The molecule has 1 saturated heterocycles. The summed E-state index contributed by atoms with van der Waals surface area (Å²) < 4.78 is 0. The van der Waals surface area contributed by atoms with Gasteiger partial charge in [0.15, 0.2) is 0 Å². The van der Waals surface area contributed by atoms with Crippen molar-refractivity contribution < 1.29 is 19.6 Å². The molecule has 3 rings (SSSR count). The number of carboxylic acid groups (broad SMARTS) is 1. The third kappa shape index (κ3) is 4.71. The molecule has 1 amide bonds. The van der Waals surface area contributed by atoms with Gasteiger partial charge >= 0.3 is 5.97 Å². The SMILES string of the molecule is Cc1ccccc1C(CC(=O)O)NC(=O)c1ccc(N2CCCC2)c([N+](=O)[O-])c1. The van der Waals surface area contributed by atoms with Crippen molar-refractivity contribution in [1.82, 2.24) is 5.32 Å². The molecule has 1 fully saturated rings. The van der Waals surface area contributed by atoms with Gasteiger partial charge in [0.25, 0.3) is 11.6 Å². The Balaban J connectivity index is 1.88. The molecule has 0 aromatic heterocycles. The van der Waals surface area contributed by atoms with E-state index >= 15 is 0 Å². The summed E-state index contributed by atoms with van der Waals surface area (Å²) in [5.41, 5.74) is 2.07. The second kappa shape index (κ2) is 8.72. The van der Waals surface area contributed by atoms with E-state index in [0.29, 0.717) is 11.3 Å². The molecule has 2 aromatic carbocycles. The third-order valence-corrected chi connectivity index (χ3v) is 5.13. The number of nitro benzene ring substituents is 1. The summed E-state index contributed by atoms with van der Waals surface area (Å²) in [6.07, 6.45) is 1.67. The lowest BCUT2D eigenvalue weighted by Gasteiger charge is -2.20. The standard InChI is InChI=1S/C21H23N3O5/c1-14-6-2-3-7-16(14)17(13-20(25)26)22-21(27)15-8-9-18(19(12-15)24(28)29)23-10-4-5-11-23/h2-3,6-9,12,17H,4-5,10-11,13H2,1H3,(H,22,27)(H,25,26). The molecular weight excluding hydrogens is 374 g/mol. The van der Waals surface area contributed by atoms with Crippen LogP contribution in [-0.2, 0) is 4.79 Å². The van der Waals surface area contributed by atoms with Gasteiger partial charge in [-0.2, -0.15) is 0 Å². The number of hydrogen-bond acceptors (Lipinski definition) is 5. The Bertz CT molecular complexity index is 938. The van der Waals surface area contributed by atoms with E-state index in [0.717, 1.165) is 31.5 Å². The number of rotatable bonds is 7. The third-order valence-electron chi connectivity index (χ3n) is 5.13. The molecule has 152 valence electrons. The first kappa shape index (κ1) is 20.3. The minimum absolute atomic E-state index is 0.120. The molecule has 1 aliphatic rings. The van der Waals surface area contributed by atoms with Crippen LogP contribution in [0.25, 0.3) is 0 Å². The maximum absolute atomic E-state index is 12.8. The van der Waals surface area contributed by atoms with E-state index in [2.05, 4.69) is 5.32 Å². The van der Waals surface area contributed by atoms with E-state index in [-0.39, 0.29) is 17.7 Å². The highest BCUT2D eigenvalue weighted by molar-refractivity contribution is 5.96. The van der Waals surface area contributed by atoms with E-state index < -0.39 is 22.8 Å². The second-order valence-corrected chi connectivity index (χ2v) is 7.14. The maximum Gasteiger partial charge on any atom is 0.305 e. The van der Waals surface area contributed by atoms with E-state index in [1.54, 1.807) is 24.3 Å².